The molecule has 2 N–H and O–H groups in total. The molecule has 0 radical (unpaired) electrons. The van der Waals surface area contributed by atoms with Crippen LogP contribution in [0, 0.1) is 6.92 Å². The van der Waals surface area contributed by atoms with Gasteiger partial charge in [0.1, 0.15) is 5.76 Å². The van der Waals surface area contributed by atoms with E-state index in [2.05, 4.69) is 22.4 Å². The fourth-order valence-corrected chi connectivity index (χ4v) is 2.52. The lowest BCUT2D eigenvalue weighted by Crippen LogP contribution is -2.45. The molecule has 2 amide bonds. The van der Waals surface area contributed by atoms with Gasteiger partial charge in [-0.1, -0.05) is 54.2 Å². The first kappa shape index (κ1) is 23.3. The van der Waals surface area contributed by atoms with Gasteiger partial charge in [0.15, 0.2) is 18.0 Å². The summed E-state index contributed by atoms with van der Waals surface area (Å²) < 4.78 is 10.2. The Bertz CT molecular complexity index is 992. The van der Waals surface area contributed by atoms with Crippen LogP contribution in [0.4, 0.5) is 5.82 Å². The number of ether oxygens (including phenoxy) is 1. The SMILES string of the molecule is C=C/C(=C\C=C/C)C(NC(=O)c1ccccc1)C(=O)OC(C)C(=O)Nc1cc(C)on1. The van der Waals surface area contributed by atoms with E-state index in [0.29, 0.717) is 16.9 Å². The van der Waals surface area contributed by atoms with Crippen LogP contribution in [0.5, 0.6) is 0 Å². The highest BCUT2D eigenvalue weighted by atomic mass is 16.5. The second kappa shape index (κ2) is 11.3. The molecule has 2 aromatic rings. The van der Waals surface area contributed by atoms with Crippen LogP contribution in [0.15, 0.2) is 77.4 Å². The molecule has 8 heteroatoms. The van der Waals surface area contributed by atoms with Gasteiger partial charge in [-0.2, -0.15) is 0 Å². The maximum absolute atomic E-state index is 12.9. The van der Waals surface area contributed by atoms with Crippen molar-refractivity contribution in [3.05, 3.63) is 84.2 Å². The van der Waals surface area contributed by atoms with Gasteiger partial charge in [-0.3, -0.25) is 9.59 Å². The minimum absolute atomic E-state index is 0.207. The summed E-state index contributed by atoms with van der Waals surface area (Å²) in [5, 5.41) is 8.81. The van der Waals surface area contributed by atoms with Crippen LogP contribution < -0.4 is 10.6 Å². The van der Waals surface area contributed by atoms with E-state index in [4.69, 9.17) is 9.26 Å². The number of anilines is 1. The topological polar surface area (TPSA) is 111 Å². The minimum Gasteiger partial charge on any atom is -0.451 e. The van der Waals surface area contributed by atoms with Crippen molar-refractivity contribution in [2.45, 2.75) is 32.9 Å². The van der Waals surface area contributed by atoms with Crippen LogP contribution >= 0.6 is 0 Å². The Balaban J connectivity index is 2.17. The van der Waals surface area contributed by atoms with Gasteiger partial charge in [-0.25, -0.2) is 4.79 Å². The molecule has 0 aliphatic heterocycles. The molecule has 0 bridgehead atoms. The average molecular weight is 423 g/mol. The molecule has 0 aliphatic carbocycles. The lowest BCUT2D eigenvalue weighted by atomic mass is 10.1. The molecule has 0 spiro atoms. The first-order valence-electron chi connectivity index (χ1n) is 9.61. The zero-order valence-corrected chi connectivity index (χ0v) is 17.6. The first-order chi connectivity index (χ1) is 14.8. The van der Waals surface area contributed by atoms with Crippen molar-refractivity contribution < 1.29 is 23.6 Å². The zero-order valence-electron chi connectivity index (χ0n) is 17.6. The van der Waals surface area contributed by atoms with Crippen molar-refractivity contribution in [2.24, 2.45) is 0 Å². The Morgan fingerprint density at radius 3 is 2.52 bits per heavy atom. The Morgan fingerprint density at radius 1 is 1.23 bits per heavy atom. The maximum atomic E-state index is 12.9. The summed E-state index contributed by atoms with van der Waals surface area (Å²) in [6.07, 6.45) is 5.40. The number of aryl methyl sites for hydroxylation is 1. The molecule has 1 heterocycles. The summed E-state index contributed by atoms with van der Waals surface area (Å²) in [4.78, 5) is 37.8. The van der Waals surface area contributed by atoms with Crippen molar-refractivity contribution in [2.75, 3.05) is 5.32 Å². The van der Waals surface area contributed by atoms with E-state index in [1.807, 2.05) is 6.92 Å². The van der Waals surface area contributed by atoms with Crippen LogP contribution in [0.1, 0.15) is 30.0 Å². The third kappa shape index (κ3) is 6.81. The molecule has 2 unspecified atom stereocenters. The largest absolute Gasteiger partial charge is 0.451 e. The molecule has 162 valence electrons. The number of carbonyl (C=O) groups excluding carboxylic acids is 3. The van der Waals surface area contributed by atoms with Crippen molar-refractivity contribution in [1.82, 2.24) is 10.5 Å². The molecule has 2 atom stereocenters. The van der Waals surface area contributed by atoms with Crippen molar-refractivity contribution in [3.63, 3.8) is 0 Å². The molecular formula is C23H25N3O5. The standard InChI is InChI=1S/C23H25N3O5/c1-5-7-11-17(6-2)20(25-22(28)18-12-9-8-10-13-18)23(29)30-16(4)21(27)24-19-14-15(3)31-26-19/h5-14,16,20H,2H2,1,3-4H3,(H,25,28)(H,24,26,27)/b7-5-,17-11+. The van der Waals surface area contributed by atoms with Gasteiger partial charge in [0, 0.05) is 11.6 Å². The van der Waals surface area contributed by atoms with E-state index in [0.717, 1.165) is 0 Å². The number of nitrogens with one attached hydrogen (secondary N) is 2. The summed E-state index contributed by atoms with van der Waals surface area (Å²) in [7, 11) is 0. The Morgan fingerprint density at radius 2 is 1.94 bits per heavy atom. The average Bonchev–Trinajstić information content (AvgIpc) is 3.18. The molecule has 8 nitrogen and oxygen atoms in total. The second-order valence-corrected chi connectivity index (χ2v) is 6.56. The maximum Gasteiger partial charge on any atom is 0.334 e. The summed E-state index contributed by atoms with van der Waals surface area (Å²) in [5.41, 5.74) is 0.786. The summed E-state index contributed by atoms with van der Waals surface area (Å²) in [6, 6.07) is 8.82. The smallest absolute Gasteiger partial charge is 0.334 e. The zero-order chi connectivity index (χ0) is 22.8. The number of benzene rings is 1. The predicted octanol–water partition coefficient (Wildman–Crippen LogP) is 3.34. The fraction of sp³-hybridized carbons (Fsp3) is 0.217. The van der Waals surface area contributed by atoms with Gasteiger partial charge in [-0.15, -0.1) is 0 Å². The summed E-state index contributed by atoms with van der Waals surface area (Å²) >= 11 is 0. The summed E-state index contributed by atoms with van der Waals surface area (Å²) in [6.45, 7) is 8.62. The number of hydrogen-bond acceptors (Lipinski definition) is 6. The molecule has 1 aromatic carbocycles. The molecule has 0 fully saturated rings. The van der Waals surface area contributed by atoms with E-state index in [-0.39, 0.29) is 5.82 Å². The molecule has 2 rings (SSSR count). The van der Waals surface area contributed by atoms with Gasteiger partial charge in [0.05, 0.1) is 0 Å². The van der Waals surface area contributed by atoms with E-state index >= 15 is 0 Å². The van der Waals surface area contributed by atoms with Crippen LogP contribution in [0.25, 0.3) is 0 Å². The van der Waals surface area contributed by atoms with Gasteiger partial charge in [0.2, 0.25) is 0 Å². The third-order valence-corrected chi connectivity index (χ3v) is 4.14. The van der Waals surface area contributed by atoms with Crippen molar-refractivity contribution >= 4 is 23.6 Å². The van der Waals surface area contributed by atoms with E-state index in [1.165, 1.54) is 19.1 Å². The molecule has 0 saturated heterocycles. The number of esters is 1. The van der Waals surface area contributed by atoms with Crippen LogP contribution in [0.2, 0.25) is 0 Å². The van der Waals surface area contributed by atoms with E-state index in [9.17, 15) is 14.4 Å². The second-order valence-electron chi connectivity index (χ2n) is 6.56. The highest BCUT2D eigenvalue weighted by Crippen LogP contribution is 2.12. The highest BCUT2D eigenvalue weighted by Gasteiger charge is 2.29. The highest BCUT2D eigenvalue weighted by molar-refractivity contribution is 5.99. The number of carbonyl (C=O) groups is 3. The lowest BCUT2D eigenvalue weighted by molar-refractivity contribution is -0.154. The van der Waals surface area contributed by atoms with Crippen LogP contribution in [-0.4, -0.2) is 35.1 Å². The first-order valence-corrected chi connectivity index (χ1v) is 9.61. The molecule has 0 saturated carbocycles. The van der Waals surface area contributed by atoms with E-state index in [1.54, 1.807) is 55.5 Å². The normalized spacial score (nSPS) is 13.3. The number of hydrogen-bond donors (Lipinski definition) is 2. The Labute approximate surface area is 180 Å². The van der Waals surface area contributed by atoms with Crippen molar-refractivity contribution in [3.8, 4) is 0 Å². The quantitative estimate of drug-likeness (QED) is 0.473. The monoisotopic (exact) mass is 423 g/mol. The van der Waals surface area contributed by atoms with Crippen LogP contribution in [-0.2, 0) is 14.3 Å². The molecule has 0 aliphatic rings. The molecule has 31 heavy (non-hydrogen) atoms. The van der Waals surface area contributed by atoms with Gasteiger partial charge in [-0.05, 0) is 38.5 Å². The number of nitrogens with zero attached hydrogens (tertiary/aromatic N) is 1. The number of rotatable bonds is 9. The van der Waals surface area contributed by atoms with Crippen molar-refractivity contribution in [1.29, 1.82) is 0 Å². The minimum atomic E-state index is -1.16. The van der Waals surface area contributed by atoms with Gasteiger partial charge in [0.25, 0.3) is 11.8 Å². The molecular weight excluding hydrogens is 398 g/mol. The summed E-state index contributed by atoms with van der Waals surface area (Å²) in [5.74, 6) is -1.13. The van der Waals surface area contributed by atoms with Gasteiger partial charge < -0.3 is 19.9 Å². The molecule has 1 aromatic heterocycles. The fourth-order valence-electron chi connectivity index (χ4n) is 2.52. The number of allylic oxidation sites excluding steroid dienone is 3. The third-order valence-electron chi connectivity index (χ3n) is 4.14. The number of amides is 2. The number of aromatic nitrogens is 1. The van der Waals surface area contributed by atoms with Crippen LogP contribution in [0.3, 0.4) is 0 Å². The predicted molar refractivity (Wildman–Crippen MR) is 116 cm³/mol. The Hall–Kier alpha value is -3.94. The Kier molecular flexibility index (Phi) is 8.51. The lowest BCUT2D eigenvalue weighted by Gasteiger charge is -2.21. The van der Waals surface area contributed by atoms with Gasteiger partial charge >= 0.3 is 5.97 Å². The van der Waals surface area contributed by atoms with E-state index < -0.39 is 29.9 Å².